The van der Waals surface area contributed by atoms with Crippen molar-refractivity contribution in [1.82, 2.24) is 15.5 Å². The maximum atomic E-state index is 14.0. The molecule has 2 N–H and O–H groups in total. The summed E-state index contributed by atoms with van der Waals surface area (Å²) in [5.41, 5.74) is 0.163. The van der Waals surface area contributed by atoms with Gasteiger partial charge in [-0.25, -0.2) is 8.78 Å². The van der Waals surface area contributed by atoms with E-state index in [1.54, 1.807) is 0 Å². The van der Waals surface area contributed by atoms with Crippen molar-refractivity contribution in [2.75, 3.05) is 19.6 Å². The summed E-state index contributed by atoms with van der Waals surface area (Å²) in [7, 11) is 0. The molecule has 1 heterocycles. The number of amides is 1. The van der Waals surface area contributed by atoms with Crippen LogP contribution in [0.5, 0.6) is 0 Å². The first-order chi connectivity index (χ1) is 14.6. The minimum absolute atomic E-state index is 0.0319. The number of hydrogen-bond acceptors (Lipinski definition) is 2. The minimum atomic E-state index is -0.487. The Kier molecular flexibility index (Phi) is 6.54. The van der Waals surface area contributed by atoms with Crippen molar-refractivity contribution >= 4 is 11.9 Å². The van der Waals surface area contributed by atoms with Gasteiger partial charge in [0.15, 0.2) is 5.96 Å². The third-order valence-corrected chi connectivity index (χ3v) is 6.59. The van der Waals surface area contributed by atoms with Gasteiger partial charge in [0.1, 0.15) is 11.6 Å². The van der Waals surface area contributed by atoms with Gasteiger partial charge in [0.25, 0.3) is 0 Å². The van der Waals surface area contributed by atoms with Gasteiger partial charge in [-0.1, -0.05) is 25.3 Å². The molecule has 2 aliphatic carbocycles. The second kappa shape index (κ2) is 9.31. The van der Waals surface area contributed by atoms with Gasteiger partial charge >= 0.3 is 0 Å². The molecule has 3 atom stereocenters. The molecule has 1 aromatic rings. The van der Waals surface area contributed by atoms with Crippen LogP contribution >= 0.6 is 0 Å². The van der Waals surface area contributed by atoms with Crippen LogP contribution in [0.25, 0.3) is 0 Å². The summed E-state index contributed by atoms with van der Waals surface area (Å²) in [6.07, 6.45) is 7.18. The Morgan fingerprint density at radius 3 is 2.57 bits per heavy atom. The Hall–Kier alpha value is -2.18. The molecule has 3 fully saturated rings. The van der Waals surface area contributed by atoms with Gasteiger partial charge in [-0.05, 0) is 44.7 Å². The minimum Gasteiger partial charge on any atom is -0.353 e. The molecular weight excluding hydrogens is 386 g/mol. The molecule has 1 amide bonds. The first kappa shape index (κ1) is 21.1. The average Bonchev–Trinajstić information content (AvgIpc) is 3.31. The molecular formula is C23H32F2N4O. The SMILES string of the molecule is CCN=C(NC1CCN(C(=O)C2CCCCC2)C1)NC1CC1c1c(F)cccc1F. The lowest BCUT2D eigenvalue weighted by atomic mass is 9.88. The Labute approximate surface area is 177 Å². The molecule has 2 saturated carbocycles. The molecule has 7 heteroatoms. The summed E-state index contributed by atoms with van der Waals surface area (Å²) < 4.78 is 28.1. The first-order valence-corrected chi connectivity index (χ1v) is 11.4. The molecule has 0 spiro atoms. The van der Waals surface area contributed by atoms with Crippen LogP contribution in [0.4, 0.5) is 8.78 Å². The van der Waals surface area contributed by atoms with E-state index in [2.05, 4.69) is 15.6 Å². The molecule has 164 valence electrons. The Morgan fingerprint density at radius 1 is 1.13 bits per heavy atom. The summed E-state index contributed by atoms with van der Waals surface area (Å²) in [5, 5.41) is 6.77. The highest BCUT2D eigenvalue weighted by Crippen LogP contribution is 2.43. The predicted molar refractivity (Wildman–Crippen MR) is 113 cm³/mol. The van der Waals surface area contributed by atoms with E-state index in [1.165, 1.54) is 24.6 Å². The summed E-state index contributed by atoms with van der Waals surface area (Å²) in [6, 6.07) is 4.13. The van der Waals surface area contributed by atoms with Crippen LogP contribution in [-0.2, 0) is 4.79 Å². The van der Waals surface area contributed by atoms with Gasteiger partial charge in [-0.3, -0.25) is 9.79 Å². The van der Waals surface area contributed by atoms with Crippen molar-refractivity contribution in [2.24, 2.45) is 10.9 Å². The number of hydrogen-bond donors (Lipinski definition) is 2. The van der Waals surface area contributed by atoms with Gasteiger partial charge in [-0.15, -0.1) is 0 Å². The van der Waals surface area contributed by atoms with Gasteiger partial charge in [-0.2, -0.15) is 0 Å². The van der Waals surface area contributed by atoms with E-state index in [-0.39, 0.29) is 29.5 Å². The molecule has 5 nitrogen and oxygen atoms in total. The summed E-state index contributed by atoms with van der Waals surface area (Å²) in [6.45, 7) is 4.03. The second-order valence-corrected chi connectivity index (χ2v) is 8.80. The van der Waals surface area contributed by atoms with Gasteiger partial charge < -0.3 is 15.5 Å². The lowest BCUT2D eigenvalue weighted by Crippen LogP contribution is -2.46. The Morgan fingerprint density at radius 2 is 1.87 bits per heavy atom. The molecule has 1 aliphatic heterocycles. The van der Waals surface area contributed by atoms with Crippen molar-refractivity contribution in [3.8, 4) is 0 Å². The van der Waals surface area contributed by atoms with E-state index >= 15 is 0 Å². The first-order valence-electron chi connectivity index (χ1n) is 11.4. The van der Waals surface area contributed by atoms with Crippen LogP contribution in [0.3, 0.4) is 0 Å². The van der Waals surface area contributed by atoms with Crippen molar-refractivity contribution in [3.63, 3.8) is 0 Å². The fraction of sp³-hybridized carbons (Fsp3) is 0.652. The third-order valence-electron chi connectivity index (χ3n) is 6.59. The van der Waals surface area contributed by atoms with Crippen LogP contribution in [0.2, 0.25) is 0 Å². The predicted octanol–water partition coefficient (Wildman–Crippen LogP) is 3.56. The van der Waals surface area contributed by atoms with Crippen LogP contribution in [0, 0.1) is 17.6 Å². The molecule has 0 radical (unpaired) electrons. The molecule has 1 saturated heterocycles. The number of halogens is 2. The number of nitrogens with zero attached hydrogens (tertiary/aromatic N) is 2. The fourth-order valence-electron chi connectivity index (χ4n) is 4.88. The van der Waals surface area contributed by atoms with Crippen LogP contribution in [0.15, 0.2) is 23.2 Å². The highest BCUT2D eigenvalue weighted by Gasteiger charge is 2.42. The van der Waals surface area contributed by atoms with E-state index in [0.29, 0.717) is 31.4 Å². The van der Waals surface area contributed by atoms with E-state index in [4.69, 9.17) is 0 Å². The number of guanidine groups is 1. The lowest BCUT2D eigenvalue weighted by Gasteiger charge is -2.26. The molecule has 4 rings (SSSR count). The zero-order valence-electron chi connectivity index (χ0n) is 17.7. The summed E-state index contributed by atoms with van der Waals surface area (Å²) in [4.78, 5) is 19.3. The topological polar surface area (TPSA) is 56.7 Å². The molecule has 3 aliphatic rings. The van der Waals surface area contributed by atoms with Gasteiger partial charge in [0, 0.05) is 49.1 Å². The summed E-state index contributed by atoms with van der Waals surface area (Å²) in [5.74, 6) is 0.0139. The number of aliphatic imine (C=N–C) groups is 1. The monoisotopic (exact) mass is 418 g/mol. The van der Waals surface area contributed by atoms with E-state index < -0.39 is 11.6 Å². The maximum absolute atomic E-state index is 14.0. The lowest BCUT2D eigenvalue weighted by molar-refractivity contribution is -0.135. The number of benzene rings is 1. The van der Waals surface area contributed by atoms with Gasteiger partial charge in [0.05, 0.1) is 0 Å². The average molecular weight is 419 g/mol. The standard InChI is InChI=1S/C23H32F2N4O/c1-2-26-23(28-20-13-17(20)21-18(24)9-6-10-19(21)25)27-16-11-12-29(14-16)22(30)15-7-4-3-5-8-15/h6,9-10,15-17,20H,2-5,7-8,11-14H2,1H3,(H2,26,27,28). The quantitative estimate of drug-likeness (QED) is 0.568. The number of rotatable bonds is 5. The van der Waals surface area contributed by atoms with Crippen molar-refractivity contribution < 1.29 is 13.6 Å². The summed E-state index contributed by atoms with van der Waals surface area (Å²) >= 11 is 0. The molecule has 30 heavy (non-hydrogen) atoms. The second-order valence-electron chi connectivity index (χ2n) is 8.80. The van der Waals surface area contributed by atoms with Crippen LogP contribution in [0.1, 0.15) is 63.4 Å². The van der Waals surface area contributed by atoms with Gasteiger partial charge in [0.2, 0.25) is 5.91 Å². The number of carbonyl (C=O) groups is 1. The molecule has 3 unspecified atom stereocenters. The normalized spacial score (nSPS) is 27.2. The molecule has 0 bridgehead atoms. The Balaban J connectivity index is 1.31. The van der Waals surface area contributed by atoms with E-state index in [9.17, 15) is 13.6 Å². The largest absolute Gasteiger partial charge is 0.353 e. The maximum Gasteiger partial charge on any atom is 0.225 e. The fourth-order valence-corrected chi connectivity index (χ4v) is 4.88. The smallest absolute Gasteiger partial charge is 0.225 e. The van der Waals surface area contributed by atoms with E-state index in [1.807, 2.05) is 11.8 Å². The van der Waals surface area contributed by atoms with Crippen molar-refractivity contribution in [2.45, 2.75) is 69.9 Å². The van der Waals surface area contributed by atoms with Crippen LogP contribution in [-0.4, -0.2) is 48.5 Å². The zero-order chi connectivity index (χ0) is 21.1. The molecule has 0 aromatic heterocycles. The highest BCUT2D eigenvalue weighted by molar-refractivity contribution is 5.82. The van der Waals surface area contributed by atoms with Crippen LogP contribution < -0.4 is 10.6 Å². The third kappa shape index (κ3) is 4.76. The Bertz CT molecular complexity index is 773. The van der Waals surface area contributed by atoms with Crippen molar-refractivity contribution in [1.29, 1.82) is 0 Å². The van der Waals surface area contributed by atoms with Crippen molar-refractivity contribution in [3.05, 3.63) is 35.4 Å². The van der Waals surface area contributed by atoms with E-state index in [0.717, 1.165) is 38.6 Å². The number of carbonyl (C=O) groups excluding carboxylic acids is 1. The number of nitrogens with one attached hydrogen (secondary N) is 2. The zero-order valence-corrected chi connectivity index (χ0v) is 17.7. The molecule has 1 aromatic carbocycles. The number of likely N-dealkylation sites (tertiary alicyclic amines) is 1. The highest BCUT2D eigenvalue weighted by atomic mass is 19.1.